The third-order valence-corrected chi connectivity index (χ3v) is 4.99. The number of rotatable bonds is 2. The number of aryl methyl sites for hydroxylation is 1. The first-order valence-electron chi connectivity index (χ1n) is 7.88. The zero-order chi connectivity index (χ0) is 19.0. The van der Waals surface area contributed by atoms with Crippen LogP contribution < -0.4 is 10.6 Å². The van der Waals surface area contributed by atoms with E-state index in [1.807, 2.05) is 6.92 Å². The van der Waals surface area contributed by atoms with E-state index in [1.54, 1.807) is 36.4 Å². The zero-order valence-electron chi connectivity index (χ0n) is 14.1. The van der Waals surface area contributed by atoms with Gasteiger partial charge in [-0.3, -0.25) is 24.6 Å². The van der Waals surface area contributed by atoms with Gasteiger partial charge in [0.25, 0.3) is 5.91 Å². The van der Waals surface area contributed by atoms with E-state index in [1.165, 1.54) is 7.05 Å². The Labute approximate surface area is 160 Å². The van der Waals surface area contributed by atoms with Gasteiger partial charge in [-0.25, -0.2) is 0 Å². The molecule has 1 fully saturated rings. The standard InChI is InChI=1S/C18H16ClN3O3S/c1-9-3-4-10(7-14(9)19)15(23)21-18(26)20-11-5-6-12-13(8-11)17(25)22(2)16(12)24/h3-8,12-13H,1-2H3,(H2,20,21,23,26). The summed E-state index contributed by atoms with van der Waals surface area (Å²) in [6.07, 6.45) is 4.99. The molecule has 1 aromatic rings. The van der Waals surface area contributed by atoms with Crippen LogP contribution in [-0.4, -0.2) is 34.8 Å². The van der Waals surface area contributed by atoms with Crippen molar-refractivity contribution < 1.29 is 14.4 Å². The third kappa shape index (κ3) is 3.40. The Balaban J connectivity index is 1.65. The molecule has 0 radical (unpaired) electrons. The van der Waals surface area contributed by atoms with Crippen LogP contribution in [0.1, 0.15) is 15.9 Å². The van der Waals surface area contributed by atoms with Gasteiger partial charge in [0.15, 0.2) is 5.11 Å². The smallest absolute Gasteiger partial charge is 0.257 e. The molecule has 134 valence electrons. The minimum atomic E-state index is -0.547. The molecule has 2 aliphatic rings. The second kappa shape index (κ2) is 7.01. The lowest BCUT2D eigenvalue weighted by Gasteiger charge is -2.17. The molecule has 1 heterocycles. The highest BCUT2D eigenvalue weighted by molar-refractivity contribution is 7.80. The number of nitrogens with one attached hydrogen (secondary N) is 2. The Hall–Kier alpha value is -2.51. The summed E-state index contributed by atoms with van der Waals surface area (Å²) in [4.78, 5) is 37.4. The molecule has 0 aromatic heterocycles. The van der Waals surface area contributed by atoms with Crippen LogP contribution >= 0.6 is 23.8 Å². The Kier molecular flexibility index (Phi) is 4.93. The molecule has 0 bridgehead atoms. The number of likely N-dealkylation sites (tertiary alicyclic amines) is 1. The van der Waals surface area contributed by atoms with E-state index in [0.29, 0.717) is 16.3 Å². The van der Waals surface area contributed by atoms with E-state index in [4.69, 9.17) is 23.8 Å². The summed E-state index contributed by atoms with van der Waals surface area (Å²) in [6.45, 7) is 1.85. The lowest BCUT2D eigenvalue weighted by atomic mass is 9.90. The second-order valence-corrected chi connectivity index (χ2v) is 6.96. The van der Waals surface area contributed by atoms with Crippen molar-refractivity contribution in [2.75, 3.05) is 7.05 Å². The Bertz CT molecular complexity index is 894. The molecular weight excluding hydrogens is 374 g/mol. The van der Waals surface area contributed by atoms with E-state index in [0.717, 1.165) is 10.5 Å². The van der Waals surface area contributed by atoms with Gasteiger partial charge < -0.3 is 5.32 Å². The third-order valence-electron chi connectivity index (χ3n) is 4.38. The van der Waals surface area contributed by atoms with Gasteiger partial charge in [0, 0.05) is 23.3 Å². The quantitative estimate of drug-likeness (QED) is 0.597. The van der Waals surface area contributed by atoms with Crippen LogP contribution in [0, 0.1) is 18.8 Å². The maximum absolute atomic E-state index is 12.2. The van der Waals surface area contributed by atoms with E-state index < -0.39 is 17.7 Å². The summed E-state index contributed by atoms with van der Waals surface area (Å²) in [7, 11) is 1.47. The fourth-order valence-electron chi connectivity index (χ4n) is 2.85. The molecule has 2 N–H and O–H groups in total. The lowest BCUT2D eigenvalue weighted by molar-refractivity contribution is -0.137. The number of halogens is 1. The van der Waals surface area contributed by atoms with Gasteiger partial charge in [-0.15, -0.1) is 0 Å². The summed E-state index contributed by atoms with van der Waals surface area (Å²) in [6, 6.07) is 4.97. The molecule has 1 aliphatic heterocycles. The highest BCUT2D eigenvalue weighted by atomic mass is 35.5. The Morgan fingerprint density at radius 3 is 2.62 bits per heavy atom. The van der Waals surface area contributed by atoms with Crippen molar-refractivity contribution in [1.82, 2.24) is 15.5 Å². The van der Waals surface area contributed by atoms with E-state index >= 15 is 0 Å². The van der Waals surface area contributed by atoms with Gasteiger partial charge in [-0.1, -0.05) is 23.7 Å². The van der Waals surface area contributed by atoms with Gasteiger partial charge >= 0.3 is 0 Å². The summed E-state index contributed by atoms with van der Waals surface area (Å²) in [5.74, 6) is -1.90. The molecule has 0 spiro atoms. The predicted octanol–water partition coefficient (Wildman–Crippen LogP) is 1.94. The van der Waals surface area contributed by atoms with E-state index in [-0.39, 0.29) is 16.9 Å². The van der Waals surface area contributed by atoms with Crippen molar-refractivity contribution in [3.05, 3.63) is 58.3 Å². The number of fused-ring (bicyclic) bond motifs is 1. The number of carbonyl (C=O) groups excluding carboxylic acids is 3. The molecule has 1 saturated heterocycles. The molecule has 1 aromatic carbocycles. The van der Waals surface area contributed by atoms with Crippen LogP contribution in [0.15, 0.2) is 42.1 Å². The maximum Gasteiger partial charge on any atom is 0.257 e. The second-order valence-electron chi connectivity index (χ2n) is 6.14. The number of hydrogen-bond acceptors (Lipinski definition) is 4. The normalized spacial score (nSPS) is 21.3. The summed E-state index contributed by atoms with van der Waals surface area (Å²) in [5, 5.41) is 6.02. The molecule has 26 heavy (non-hydrogen) atoms. The molecule has 2 atom stereocenters. The summed E-state index contributed by atoms with van der Waals surface area (Å²) < 4.78 is 0. The first kappa shape index (κ1) is 18.3. The topological polar surface area (TPSA) is 78.5 Å². The summed E-state index contributed by atoms with van der Waals surface area (Å²) >= 11 is 11.2. The van der Waals surface area contributed by atoms with Crippen LogP contribution in [0.2, 0.25) is 5.02 Å². The van der Waals surface area contributed by atoms with Crippen molar-refractivity contribution in [1.29, 1.82) is 0 Å². The average Bonchev–Trinajstić information content (AvgIpc) is 2.81. The zero-order valence-corrected chi connectivity index (χ0v) is 15.6. The number of thiocarbonyl (C=S) groups is 1. The fourth-order valence-corrected chi connectivity index (χ4v) is 3.24. The van der Waals surface area contributed by atoms with Crippen molar-refractivity contribution >= 4 is 46.7 Å². The minimum absolute atomic E-state index is 0.0891. The molecule has 2 unspecified atom stereocenters. The molecule has 6 nitrogen and oxygen atoms in total. The lowest BCUT2D eigenvalue weighted by Crippen LogP contribution is -2.39. The van der Waals surface area contributed by atoms with Gasteiger partial charge in [-0.2, -0.15) is 0 Å². The van der Waals surface area contributed by atoms with Gasteiger partial charge in [0.05, 0.1) is 11.8 Å². The van der Waals surface area contributed by atoms with Gasteiger partial charge in [-0.05, 0) is 49.0 Å². The van der Waals surface area contributed by atoms with Gasteiger partial charge in [0.1, 0.15) is 0 Å². The Morgan fingerprint density at radius 2 is 1.92 bits per heavy atom. The number of nitrogens with zero attached hydrogens (tertiary/aromatic N) is 1. The van der Waals surface area contributed by atoms with Crippen LogP contribution in [-0.2, 0) is 9.59 Å². The first-order valence-corrected chi connectivity index (χ1v) is 8.66. The number of amides is 3. The fraction of sp³-hybridized carbons (Fsp3) is 0.222. The minimum Gasteiger partial charge on any atom is -0.333 e. The predicted molar refractivity (Wildman–Crippen MR) is 101 cm³/mol. The van der Waals surface area contributed by atoms with E-state index in [9.17, 15) is 14.4 Å². The van der Waals surface area contributed by atoms with E-state index in [2.05, 4.69) is 10.6 Å². The molecule has 3 amide bonds. The van der Waals surface area contributed by atoms with Crippen molar-refractivity contribution in [3.8, 4) is 0 Å². The Morgan fingerprint density at radius 1 is 1.23 bits per heavy atom. The van der Waals surface area contributed by atoms with Crippen molar-refractivity contribution in [2.45, 2.75) is 6.92 Å². The number of carbonyl (C=O) groups is 3. The molecule has 3 rings (SSSR count). The number of benzene rings is 1. The van der Waals surface area contributed by atoms with Crippen LogP contribution in [0.4, 0.5) is 0 Å². The van der Waals surface area contributed by atoms with Crippen molar-refractivity contribution in [2.24, 2.45) is 11.8 Å². The molecule has 0 saturated carbocycles. The SMILES string of the molecule is Cc1ccc(C(=O)NC(=S)NC2=CC3C(=O)N(C)C(=O)C3C=C2)cc1Cl. The largest absolute Gasteiger partial charge is 0.333 e. The molecular formula is C18H16ClN3O3S. The monoisotopic (exact) mass is 389 g/mol. The number of allylic oxidation sites excluding steroid dienone is 1. The summed E-state index contributed by atoms with van der Waals surface area (Å²) in [5.41, 5.74) is 1.81. The van der Waals surface area contributed by atoms with Crippen molar-refractivity contribution in [3.63, 3.8) is 0 Å². The van der Waals surface area contributed by atoms with Gasteiger partial charge in [0.2, 0.25) is 11.8 Å². The molecule has 8 heteroatoms. The van der Waals surface area contributed by atoms with Crippen LogP contribution in [0.3, 0.4) is 0 Å². The average molecular weight is 390 g/mol. The molecule has 1 aliphatic carbocycles. The first-order chi connectivity index (χ1) is 12.3. The number of hydrogen-bond donors (Lipinski definition) is 2. The highest BCUT2D eigenvalue weighted by Crippen LogP contribution is 2.31. The maximum atomic E-state index is 12.2. The van der Waals surface area contributed by atoms with Crippen LogP contribution in [0.25, 0.3) is 0 Å². The number of imide groups is 1. The highest BCUT2D eigenvalue weighted by Gasteiger charge is 2.44. The van der Waals surface area contributed by atoms with Crippen LogP contribution in [0.5, 0.6) is 0 Å².